The van der Waals surface area contributed by atoms with E-state index >= 15 is 0 Å². The molecule has 0 spiro atoms. The molecule has 2 amide bonds. The van der Waals surface area contributed by atoms with E-state index in [1.165, 1.54) is 35.7 Å². The summed E-state index contributed by atoms with van der Waals surface area (Å²) in [6.07, 6.45) is 0.675. The van der Waals surface area contributed by atoms with Gasteiger partial charge in [-0.15, -0.1) is 0 Å². The van der Waals surface area contributed by atoms with Gasteiger partial charge in [0.2, 0.25) is 11.8 Å². The monoisotopic (exact) mass is 400 g/mol. The van der Waals surface area contributed by atoms with E-state index < -0.39 is 17.8 Å². The molecule has 0 radical (unpaired) electrons. The van der Waals surface area contributed by atoms with Crippen LogP contribution in [0, 0.1) is 5.82 Å². The number of amides is 2. The van der Waals surface area contributed by atoms with E-state index in [0.717, 1.165) is 5.75 Å². The Morgan fingerprint density at radius 1 is 1.14 bits per heavy atom. The molecule has 1 unspecified atom stereocenters. The van der Waals surface area contributed by atoms with Crippen molar-refractivity contribution >= 4 is 11.8 Å². The number of ether oxygens (including phenoxy) is 1. The molecule has 0 aliphatic heterocycles. The third kappa shape index (κ3) is 6.31. The molecule has 0 saturated carbocycles. The summed E-state index contributed by atoms with van der Waals surface area (Å²) < 4.78 is 19.2. The molecule has 0 aliphatic carbocycles. The van der Waals surface area contributed by atoms with Gasteiger partial charge in [0.25, 0.3) is 0 Å². The fourth-order valence-corrected chi connectivity index (χ4v) is 3.04. The molecule has 2 rings (SSSR count). The predicted molar refractivity (Wildman–Crippen MR) is 111 cm³/mol. The topological polar surface area (TPSA) is 72.6 Å². The maximum absolute atomic E-state index is 13.5. The molecule has 0 fully saturated rings. The molecule has 0 aliphatic rings. The molecule has 0 heterocycles. The van der Waals surface area contributed by atoms with E-state index in [0.29, 0.717) is 18.6 Å². The molecule has 1 atom stereocenters. The second-order valence-electron chi connectivity index (χ2n) is 8.09. The van der Waals surface area contributed by atoms with Crippen molar-refractivity contribution in [1.29, 1.82) is 0 Å². The first-order valence-corrected chi connectivity index (χ1v) is 9.63. The van der Waals surface area contributed by atoms with Gasteiger partial charge in [-0.25, -0.2) is 4.39 Å². The van der Waals surface area contributed by atoms with Crippen LogP contribution in [-0.4, -0.2) is 30.4 Å². The largest absolute Gasteiger partial charge is 0.494 e. The van der Waals surface area contributed by atoms with Crippen molar-refractivity contribution in [3.05, 3.63) is 65.5 Å². The summed E-state index contributed by atoms with van der Waals surface area (Å²) >= 11 is 0. The van der Waals surface area contributed by atoms with Crippen LogP contribution in [0.4, 0.5) is 4.39 Å². The molecule has 5 nitrogen and oxygen atoms in total. The zero-order valence-electron chi connectivity index (χ0n) is 17.4. The highest BCUT2D eigenvalue weighted by Gasteiger charge is 2.26. The number of carbonyl (C=O) groups excluding carboxylic acids is 2. The van der Waals surface area contributed by atoms with Crippen molar-refractivity contribution in [2.45, 2.75) is 45.1 Å². The van der Waals surface area contributed by atoms with Gasteiger partial charge in [-0.3, -0.25) is 9.59 Å². The Kier molecular flexibility index (Phi) is 7.37. The summed E-state index contributed by atoms with van der Waals surface area (Å²) in [7, 11) is 1.49. The first-order chi connectivity index (χ1) is 13.6. The zero-order chi connectivity index (χ0) is 21.6. The highest BCUT2D eigenvalue weighted by Crippen LogP contribution is 2.24. The molecule has 0 aromatic heterocycles. The SMILES string of the molecule is CN(C(=O)CCCOc1ccc(C(C)(C)C)cc1)C(C(N)=O)c1cccc(F)c1. The van der Waals surface area contributed by atoms with Crippen LogP contribution in [0.25, 0.3) is 0 Å². The minimum Gasteiger partial charge on any atom is -0.494 e. The lowest BCUT2D eigenvalue weighted by Crippen LogP contribution is -2.39. The normalized spacial score (nSPS) is 12.3. The lowest BCUT2D eigenvalue weighted by atomic mass is 9.87. The van der Waals surface area contributed by atoms with Gasteiger partial charge in [0.05, 0.1) is 6.61 Å². The number of nitrogens with zero attached hydrogens (tertiary/aromatic N) is 1. The van der Waals surface area contributed by atoms with Crippen LogP contribution < -0.4 is 10.5 Å². The smallest absolute Gasteiger partial charge is 0.244 e. The van der Waals surface area contributed by atoms with Gasteiger partial charge < -0.3 is 15.4 Å². The minimum atomic E-state index is -1.01. The predicted octanol–water partition coefficient (Wildman–Crippen LogP) is 3.97. The first kappa shape index (κ1) is 22.4. The highest BCUT2D eigenvalue weighted by atomic mass is 19.1. The molecule has 2 aromatic carbocycles. The molecular weight excluding hydrogens is 371 g/mol. The number of hydrogen-bond donors (Lipinski definition) is 1. The quantitative estimate of drug-likeness (QED) is 0.682. The Balaban J connectivity index is 1.88. The number of nitrogens with two attached hydrogens (primary N) is 1. The van der Waals surface area contributed by atoms with Crippen molar-refractivity contribution in [1.82, 2.24) is 4.90 Å². The Hall–Kier alpha value is -2.89. The highest BCUT2D eigenvalue weighted by molar-refractivity contribution is 5.87. The fraction of sp³-hybridized carbons (Fsp3) is 0.391. The Morgan fingerprint density at radius 3 is 2.34 bits per heavy atom. The van der Waals surface area contributed by atoms with Crippen LogP contribution in [0.2, 0.25) is 0 Å². The molecule has 2 aromatic rings. The van der Waals surface area contributed by atoms with Gasteiger partial charge in [-0.2, -0.15) is 0 Å². The Bertz CT molecular complexity index is 844. The number of halogens is 1. The van der Waals surface area contributed by atoms with Crippen LogP contribution in [0.5, 0.6) is 5.75 Å². The van der Waals surface area contributed by atoms with Crippen LogP contribution in [0.1, 0.15) is 50.8 Å². The molecule has 2 N–H and O–H groups in total. The van der Waals surface area contributed by atoms with Crippen molar-refractivity contribution < 1.29 is 18.7 Å². The Labute approximate surface area is 171 Å². The van der Waals surface area contributed by atoms with Crippen LogP contribution >= 0.6 is 0 Å². The van der Waals surface area contributed by atoms with Gasteiger partial charge in [0, 0.05) is 13.5 Å². The van der Waals surface area contributed by atoms with Gasteiger partial charge >= 0.3 is 0 Å². The minimum absolute atomic E-state index is 0.0775. The average Bonchev–Trinajstić information content (AvgIpc) is 2.64. The fourth-order valence-electron chi connectivity index (χ4n) is 3.04. The molecule has 6 heteroatoms. The van der Waals surface area contributed by atoms with Gasteiger partial charge in [0.15, 0.2) is 0 Å². The van der Waals surface area contributed by atoms with Crippen molar-refractivity contribution in [2.75, 3.05) is 13.7 Å². The first-order valence-electron chi connectivity index (χ1n) is 9.63. The number of carbonyl (C=O) groups is 2. The summed E-state index contributed by atoms with van der Waals surface area (Å²) in [4.78, 5) is 25.6. The molecule has 0 bridgehead atoms. The van der Waals surface area contributed by atoms with Crippen molar-refractivity contribution in [3.63, 3.8) is 0 Å². The summed E-state index contributed by atoms with van der Waals surface area (Å²) in [5, 5.41) is 0. The number of benzene rings is 2. The molecule has 156 valence electrons. The standard InChI is InChI=1S/C23H29FN2O3/c1-23(2,3)17-10-12-19(13-11-17)29-14-6-9-20(27)26(4)21(22(25)28)16-7-5-8-18(24)15-16/h5,7-8,10-13,15,21H,6,9,14H2,1-4H3,(H2,25,28). The lowest BCUT2D eigenvalue weighted by molar-refractivity contribution is -0.138. The van der Waals surface area contributed by atoms with Gasteiger partial charge in [-0.05, 0) is 47.2 Å². The molecule has 0 saturated heterocycles. The maximum atomic E-state index is 13.5. The second kappa shape index (κ2) is 9.54. The number of hydrogen-bond acceptors (Lipinski definition) is 3. The van der Waals surface area contributed by atoms with E-state index in [1.54, 1.807) is 6.07 Å². The molecule has 29 heavy (non-hydrogen) atoms. The average molecular weight is 400 g/mol. The summed E-state index contributed by atoms with van der Waals surface area (Å²) in [6, 6.07) is 12.4. The second-order valence-corrected chi connectivity index (χ2v) is 8.09. The van der Waals surface area contributed by atoms with Crippen LogP contribution in [-0.2, 0) is 15.0 Å². The van der Waals surface area contributed by atoms with Gasteiger partial charge in [-0.1, -0.05) is 45.0 Å². The third-order valence-electron chi connectivity index (χ3n) is 4.74. The summed E-state index contributed by atoms with van der Waals surface area (Å²) in [5.41, 5.74) is 7.10. The van der Waals surface area contributed by atoms with E-state index in [2.05, 4.69) is 20.8 Å². The third-order valence-corrected chi connectivity index (χ3v) is 4.74. The summed E-state index contributed by atoms with van der Waals surface area (Å²) in [6.45, 7) is 6.81. The van der Waals surface area contributed by atoms with Crippen LogP contribution in [0.3, 0.4) is 0 Å². The van der Waals surface area contributed by atoms with Gasteiger partial charge in [0.1, 0.15) is 17.6 Å². The number of rotatable bonds is 8. The van der Waals surface area contributed by atoms with E-state index in [4.69, 9.17) is 10.5 Å². The number of likely N-dealkylation sites (N-methyl/N-ethyl adjacent to an activating group) is 1. The maximum Gasteiger partial charge on any atom is 0.244 e. The Morgan fingerprint density at radius 2 is 1.79 bits per heavy atom. The summed E-state index contributed by atoms with van der Waals surface area (Å²) in [5.74, 6) is -0.708. The molecular formula is C23H29FN2O3. The lowest BCUT2D eigenvalue weighted by Gasteiger charge is -2.26. The van der Waals surface area contributed by atoms with Crippen molar-refractivity contribution in [2.24, 2.45) is 5.73 Å². The zero-order valence-corrected chi connectivity index (χ0v) is 17.4. The van der Waals surface area contributed by atoms with E-state index in [9.17, 15) is 14.0 Å². The van der Waals surface area contributed by atoms with Crippen molar-refractivity contribution in [3.8, 4) is 5.75 Å². The van der Waals surface area contributed by atoms with E-state index in [1.807, 2.05) is 24.3 Å². The van der Waals surface area contributed by atoms with E-state index in [-0.39, 0.29) is 17.7 Å². The number of primary amides is 1. The van der Waals surface area contributed by atoms with Crippen LogP contribution in [0.15, 0.2) is 48.5 Å².